The van der Waals surface area contributed by atoms with Gasteiger partial charge in [-0.25, -0.2) is 0 Å². The highest BCUT2D eigenvalue weighted by Gasteiger charge is 2.48. The molecule has 4 nitrogen and oxygen atoms in total. The molecule has 1 aliphatic heterocycles. The fourth-order valence-corrected chi connectivity index (χ4v) is 3.85. The van der Waals surface area contributed by atoms with Crippen LogP contribution in [0.3, 0.4) is 0 Å². The highest BCUT2D eigenvalue weighted by molar-refractivity contribution is 5.30. The van der Waals surface area contributed by atoms with Crippen LogP contribution in [0.1, 0.15) is 83.9 Å². The second-order valence-corrected chi connectivity index (χ2v) is 7.43. The van der Waals surface area contributed by atoms with Crippen molar-refractivity contribution in [3.8, 4) is 0 Å². The van der Waals surface area contributed by atoms with Gasteiger partial charge < -0.3 is 10.5 Å². The Hall–Kier alpha value is -0.870. The topological polar surface area (TPSA) is 53.1 Å². The van der Waals surface area contributed by atoms with Crippen molar-refractivity contribution in [2.24, 2.45) is 5.73 Å². The van der Waals surface area contributed by atoms with E-state index in [2.05, 4.69) is 53.1 Å². The van der Waals surface area contributed by atoms with Gasteiger partial charge in [0.05, 0.1) is 22.9 Å². The highest BCUT2D eigenvalue weighted by Crippen LogP contribution is 2.45. The molecule has 0 amide bonds. The van der Waals surface area contributed by atoms with Gasteiger partial charge in [0.15, 0.2) is 0 Å². The molecule has 1 aliphatic rings. The van der Waals surface area contributed by atoms with Crippen LogP contribution in [-0.2, 0) is 17.6 Å². The van der Waals surface area contributed by atoms with Gasteiger partial charge in [0.2, 0.25) is 0 Å². The smallest absolute Gasteiger partial charge is 0.0858 e. The molecule has 21 heavy (non-hydrogen) atoms. The van der Waals surface area contributed by atoms with Crippen LogP contribution in [0, 0.1) is 0 Å². The van der Waals surface area contributed by atoms with Gasteiger partial charge in [-0.2, -0.15) is 5.10 Å². The Kier molecular flexibility index (Phi) is 4.24. The number of hydrogen-bond donors (Lipinski definition) is 1. The van der Waals surface area contributed by atoms with Crippen molar-refractivity contribution in [2.45, 2.75) is 91.0 Å². The molecule has 1 saturated heterocycles. The number of aryl methyl sites for hydroxylation is 1. The average molecular weight is 293 g/mol. The normalized spacial score (nSPS) is 25.2. The van der Waals surface area contributed by atoms with Crippen LogP contribution < -0.4 is 5.73 Å². The summed E-state index contributed by atoms with van der Waals surface area (Å²) in [5.74, 6) is 0. The molecular weight excluding hydrogens is 262 g/mol. The zero-order valence-corrected chi connectivity index (χ0v) is 14.7. The summed E-state index contributed by atoms with van der Waals surface area (Å²) in [6, 6.07) is 0.294. The van der Waals surface area contributed by atoms with E-state index in [1.807, 2.05) is 0 Å². The molecule has 0 radical (unpaired) electrons. The number of ether oxygens (including phenoxy) is 1. The van der Waals surface area contributed by atoms with Crippen LogP contribution in [0.4, 0.5) is 0 Å². The Bertz CT molecular complexity index is 514. The molecule has 0 saturated carbocycles. The zero-order chi connectivity index (χ0) is 16.0. The van der Waals surface area contributed by atoms with Gasteiger partial charge >= 0.3 is 0 Å². The maximum Gasteiger partial charge on any atom is 0.0858 e. The molecule has 1 aromatic rings. The van der Waals surface area contributed by atoms with Crippen molar-refractivity contribution in [2.75, 3.05) is 0 Å². The third-order valence-corrected chi connectivity index (χ3v) is 4.57. The molecule has 4 heteroatoms. The van der Waals surface area contributed by atoms with E-state index in [4.69, 9.17) is 15.6 Å². The average Bonchev–Trinajstić information content (AvgIpc) is 2.82. The lowest BCUT2D eigenvalue weighted by atomic mass is 9.94. The molecule has 2 atom stereocenters. The molecule has 1 fully saturated rings. The molecule has 0 aliphatic carbocycles. The predicted molar refractivity (Wildman–Crippen MR) is 86.5 cm³/mol. The first kappa shape index (κ1) is 16.5. The summed E-state index contributed by atoms with van der Waals surface area (Å²) in [4.78, 5) is 0. The third kappa shape index (κ3) is 2.88. The van der Waals surface area contributed by atoms with Gasteiger partial charge in [-0.15, -0.1) is 0 Å². The minimum atomic E-state index is -0.209. The van der Waals surface area contributed by atoms with E-state index in [0.717, 1.165) is 25.0 Å². The van der Waals surface area contributed by atoms with Crippen LogP contribution in [0.15, 0.2) is 0 Å². The number of nitrogens with two attached hydrogens (primary N) is 1. The summed E-state index contributed by atoms with van der Waals surface area (Å²) in [5, 5.41) is 4.92. The lowest BCUT2D eigenvalue weighted by Crippen LogP contribution is -2.32. The Balaban J connectivity index is 2.54. The minimum Gasteiger partial charge on any atom is -0.367 e. The first-order valence-electron chi connectivity index (χ1n) is 8.18. The second-order valence-electron chi connectivity index (χ2n) is 7.43. The number of aromatic nitrogens is 2. The lowest BCUT2D eigenvalue weighted by molar-refractivity contribution is -0.0739. The number of nitrogens with zero attached hydrogens (tertiary/aromatic N) is 2. The van der Waals surface area contributed by atoms with Gasteiger partial charge in [0.1, 0.15) is 0 Å². The summed E-state index contributed by atoms with van der Waals surface area (Å²) < 4.78 is 8.47. The van der Waals surface area contributed by atoms with Gasteiger partial charge in [-0.1, -0.05) is 13.8 Å². The van der Waals surface area contributed by atoms with Crippen molar-refractivity contribution in [3.05, 3.63) is 17.0 Å². The Morgan fingerprint density at radius 2 is 1.90 bits per heavy atom. The molecule has 0 aromatic carbocycles. The van der Waals surface area contributed by atoms with E-state index >= 15 is 0 Å². The Morgan fingerprint density at radius 3 is 2.29 bits per heavy atom. The molecule has 2 unspecified atom stereocenters. The molecule has 0 bridgehead atoms. The summed E-state index contributed by atoms with van der Waals surface area (Å²) in [6.07, 6.45) is 2.86. The third-order valence-electron chi connectivity index (χ3n) is 4.57. The van der Waals surface area contributed by atoms with E-state index in [1.165, 1.54) is 11.3 Å². The van der Waals surface area contributed by atoms with Crippen molar-refractivity contribution in [3.63, 3.8) is 0 Å². The van der Waals surface area contributed by atoms with Gasteiger partial charge in [-0.3, -0.25) is 4.68 Å². The van der Waals surface area contributed by atoms with E-state index < -0.39 is 0 Å². The highest BCUT2D eigenvalue weighted by atomic mass is 16.5. The number of hydrogen-bond acceptors (Lipinski definition) is 3. The number of rotatable bonds is 4. The van der Waals surface area contributed by atoms with Crippen LogP contribution in [-0.4, -0.2) is 21.0 Å². The first-order chi connectivity index (χ1) is 9.63. The maximum atomic E-state index is 6.25. The van der Waals surface area contributed by atoms with Gasteiger partial charge in [0, 0.05) is 23.7 Å². The van der Waals surface area contributed by atoms with Crippen LogP contribution in [0.5, 0.6) is 0 Å². The van der Waals surface area contributed by atoms with Crippen molar-refractivity contribution in [1.29, 1.82) is 0 Å². The van der Waals surface area contributed by atoms with Gasteiger partial charge in [-0.05, 0) is 47.5 Å². The molecule has 1 aromatic heterocycles. The van der Waals surface area contributed by atoms with Gasteiger partial charge in [0.25, 0.3) is 0 Å². The predicted octanol–water partition coefficient (Wildman–Crippen LogP) is 3.55. The molecule has 120 valence electrons. The Morgan fingerprint density at radius 1 is 1.29 bits per heavy atom. The Labute approximate surface area is 129 Å². The van der Waals surface area contributed by atoms with Crippen molar-refractivity contribution < 1.29 is 4.74 Å². The molecule has 2 rings (SSSR count). The molecule has 2 N–H and O–H groups in total. The van der Waals surface area contributed by atoms with Crippen LogP contribution >= 0.6 is 0 Å². The second kappa shape index (κ2) is 5.40. The fraction of sp³-hybridized carbons (Fsp3) is 0.824. The van der Waals surface area contributed by atoms with Crippen molar-refractivity contribution >= 4 is 0 Å². The molecule has 0 spiro atoms. The fourth-order valence-electron chi connectivity index (χ4n) is 3.85. The molecule has 2 heterocycles. The standard InChI is InChI=1S/C17H31N3O/c1-8-12-15(11(3)18)13(9-2)20(19-12)14-10-16(4,5)21-17(14,6)7/h11,14H,8-10,18H2,1-7H3. The molecular formula is C17H31N3O. The minimum absolute atomic E-state index is 0.0297. The summed E-state index contributed by atoms with van der Waals surface area (Å²) in [7, 11) is 0. The van der Waals surface area contributed by atoms with E-state index in [0.29, 0.717) is 0 Å². The summed E-state index contributed by atoms with van der Waals surface area (Å²) in [5.41, 5.74) is 9.56. The van der Waals surface area contributed by atoms with E-state index in [9.17, 15) is 0 Å². The maximum absolute atomic E-state index is 6.25. The zero-order valence-electron chi connectivity index (χ0n) is 14.7. The first-order valence-corrected chi connectivity index (χ1v) is 8.18. The summed E-state index contributed by atoms with van der Waals surface area (Å²) in [6.45, 7) is 15.1. The largest absolute Gasteiger partial charge is 0.367 e. The van der Waals surface area contributed by atoms with Crippen molar-refractivity contribution in [1.82, 2.24) is 9.78 Å². The lowest BCUT2D eigenvalue weighted by Gasteiger charge is -2.28. The van der Waals surface area contributed by atoms with E-state index in [-0.39, 0.29) is 23.3 Å². The van der Waals surface area contributed by atoms with Crippen LogP contribution in [0.25, 0.3) is 0 Å². The monoisotopic (exact) mass is 293 g/mol. The SMILES string of the molecule is CCc1nn(C2CC(C)(C)OC2(C)C)c(CC)c1C(C)N. The van der Waals surface area contributed by atoms with Crippen LogP contribution in [0.2, 0.25) is 0 Å². The van der Waals surface area contributed by atoms with E-state index in [1.54, 1.807) is 0 Å². The summed E-state index contributed by atoms with van der Waals surface area (Å²) >= 11 is 0. The quantitative estimate of drug-likeness (QED) is 0.923.